The van der Waals surface area contributed by atoms with Crippen LogP contribution in [0.15, 0.2) is 41.8 Å². The van der Waals surface area contributed by atoms with E-state index in [9.17, 15) is 9.59 Å². The highest BCUT2D eigenvalue weighted by Gasteiger charge is 2.18. The first kappa shape index (κ1) is 22.2. The van der Waals surface area contributed by atoms with Gasteiger partial charge in [-0.15, -0.1) is 23.7 Å². The first-order valence-electron chi connectivity index (χ1n) is 8.36. The Kier molecular flexibility index (Phi) is 8.78. The van der Waals surface area contributed by atoms with Crippen molar-refractivity contribution in [3.63, 3.8) is 0 Å². The predicted octanol–water partition coefficient (Wildman–Crippen LogP) is 3.23. The minimum atomic E-state index is -0.620. The van der Waals surface area contributed by atoms with Gasteiger partial charge in [-0.25, -0.2) is 0 Å². The molecule has 0 spiro atoms. The summed E-state index contributed by atoms with van der Waals surface area (Å²) in [6, 6.07) is 10.7. The molecule has 2 atom stereocenters. The van der Waals surface area contributed by atoms with Gasteiger partial charge in [0.25, 0.3) is 5.91 Å². The standard InChI is InChI=1S/C19H25N3O2S.ClH/c1-12(2)14-6-8-15(9-7-14)16(20)11-21-18(23)13(3)22-19(24)17-5-4-10-25-17;/h4-10,12-13,16H,11,20H2,1-3H3,(H,21,23)(H,22,24);1H. The third kappa shape index (κ3) is 6.12. The van der Waals surface area contributed by atoms with Crippen LogP contribution in [0.3, 0.4) is 0 Å². The lowest BCUT2D eigenvalue weighted by atomic mass is 9.99. The maximum Gasteiger partial charge on any atom is 0.261 e. The number of halogens is 1. The third-order valence-electron chi connectivity index (χ3n) is 4.01. The SMILES string of the molecule is CC(NC(=O)c1cccs1)C(=O)NCC(N)c1ccc(C(C)C)cc1.Cl. The summed E-state index contributed by atoms with van der Waals surface area (Å²) >= 11 is 1.34. The van der Waals surface area contributed by atoms with E-state index < -0.39 is 6.04 Å². The molecule has 2 aromatic rings. The van der Waals surface area contributed by atoms with Crippen molar-refractivity contribution in [2.45, 2.75) is 38.8 Å². The van der Waals surface area contributed by atoms with Crippen molar-refractivity contribution in [3.8, 4) is 0 Å². The number of carbonyl (C=O) groups excluding carboxylic acids is 2. The van der Waals surface area contributed by atoms with Crippen molar-refractivity contribution in [3.05, 3.63) is 57.8 Å². The van der Waals surface area contributed by atoms with Crippen LogP contribution in [-0.2, 0) is 4.79 Å². The molecule has 1 aromatic carbocycles. The smallest absolute Gasteiger partial charge is 0.261 e. The maximum atomic E-state index is 12.1. The van der Waals surface area contributed by atoms with Gasteiger partial charge in [0.15, 0.2) is 0 Å². The van der Waals surface area contributed by atoms with Crippen LogP contribution in [0.25, 0.3) is 0 Å². The van der Waals surface area contributed by atoms with Crippen LogP contribution in [0, 0.1) is 0 Å². The Morgan fingerprint density at radius 1 is 1.08 bits per heavy atom. The van der Waals surface area contributed by atoms with E-state index in [-0.39, 0.29) is 30.3 Å². The second kappa shape index (κ2) is 10.3. The minimum Gasteiger partial charge on any atom is -0.352 e. The number of nitrogens with one attached hydrogen (secondary N) is 2. The molecule has 0 bridgehead atoms. The number of nitrogens with two attached hydrogens (primary N) is 1. The fourth-order valence-electron chi connectivity index (χ4n) is 2.35. The highest BCUT2D eigenvalue weighted by atomic mass is 35.5. The fraction of sp³-hybridized carbons (Fsp3) is 0.368. The molecule has 0 fully saturated rings. The van der Waals surface area contributed by atoms with Crippen molar-refractivity contribution in [2.75, 3.05) is 6.54 Å². The molecule has 2 rings (SSSR count). The van der Waals surface area contributed by atoms with Crippen molar-refractivity contribution in [2.24, 2.45) is 5.73 Å². The highest BCUT2D eigenvalue weighted by molar-refractivity contribution is 7.12. The quantitative estimate of drug-likeness (QED) is 0.672. The predicted molar refractivity (Wildman–Crippen MR) is 109 cm³/mol. The van der Waals surface area contributed by atoms with E-state index in [0.29, 0.717) is 17.3 Å². The van der Waals surface area contributed by atoms with E-state index >= 15 is 0 Å². The molecule has 4 N–H and O–H groups in total. The molecule has 2 unspecified atom stereocenters. The molecule has 26 heavy (non-hydrogen) atoms. The van der Waals surface area contributed by atoms with Gasteiger partial charge in [0, 0.05) is 12.6 Å². The van der Waals surface area contributed by atoms with E-state index in [2.05, 4.69) is 36.6 Å². The molecule has 0 radical (unpaired) electrons. The molecule has 1 aromatic heterocycles. The van der Waals surface area contributed by atoms with E-state index in [0.717, 1.165) is 5.56 Å². The van der Waals surface area contributed by atoms with Gasteiger partial charge in [0.05, 0.1) is 4.88 Å². The lowest BCUT2D eigenvalue weighted by molar-refractivity contribution is -0.122. The molecule has 2 amide bonds. The van der Waals surface area contributed by atoms with E-state index in [4.69, 9.17) is 5.73 Å². The molecule has 0 aliphatic rings. The number of hydrogen-bond donors (Lipinski definition) is 3. The molecular formula is C19H26ClN3O2S. The van der Waals surface area contributed by atoms with Crippen LogP contribution >= 0.6 is 23.7 Å². The van der Waals surface area contributed by atoms with Crippen LogP contribution in [0.2, 0.25) is 0 Å². The average molecular weight is 396 g/mol. The molecule has 1 heterocycles. The van der Waals surface area contributed by atoms with Crippen LogP contribution in [0.4, 0.5) is 0 Å². The largest absolute Gasteiger partial charge is 0.352 e. The maximum absolute atomic E-state index is 12.1. The summed E-state index contributed by atoms with van der Waals surface area (Å²) in [6.45, 7) is 6.25. The fourth-order valence-corrected chi connectivity index (χ4v) is 2.98. The van der Waals surface area contributed by atoms with Crippen LogP contribution in [-0.4, -0.2) is 24.4 Å². The van der Waals surface area contributed by atoms with Gasteiger partial charge in [0.1, 0.15) is 6.04 Å². The summed E-state index contributed by atoms with van der Waals surface area (Å²) in [6.07, 6.45) is 0. The second-order valence-electron chi connectivity index (χ2n) is 6.35. The molecule has 7 heteroatoms. The Bertz CT molecular complexity index is 702. The van der Waals surface area contributed by atoms with E-state index in [1.54, 1.807) is 19.1 Å². The summed E-state index contributed by atoms with van der Waals surface area (Å²) in [5, 5.41) is 7.30. The Morgan fingerprint density at radius 3 is 2.23 bits per heavy atom. The Balaban J connectivity index is 0.00000338. The van der Waals surface area contributed by atoms with Crippen LogP contribution < -0.4 is 16.4 Å². The van der Waals surface area contributed by atoms with Gasteiger partial charge in [0.2, 0.25) is 5.91 Å². The van der Waals surface area contributed by atoms with Gasteiger partial charge in [-0.3, -0.25) is 9.59 Å². The number of rotatable bonds is 7. The Hall–Kier alpha value is -1.89. The topological polar surface area (TPSA) is 84.2 Å². The van der Waals surface area contributed by atoms with Crippen LogP contribution in [0.5, 0.6) is 0 Å². The van der Waals surface area contributed by atoms with E-state index in [1.807, 2.05) is 17.5 Å². The summed E-state index contributed by atoms with van der Waals surface area (Å²) in [5.41, 5.74) is 8.37. The highest BCUT2D eigenvalue weighted by Crippen LogP contribution is 2.17. The number of benzene rings is 1. The number of thiophene rings is 1. The number of amides is 2. The normalized spacial score (nSPS) is 12.8. The van der Waals surface area contributed by atoms with Gasteiger partial charge in [-0.1, -0.05) is 44.2 Å². The molecule has 5 nitrogen and oxygen atoms in total. The summed E-state index contributed by atoms with van der Waals surface area (Å²) < 4.78 is 0. The van der Waals surface area contributed by atoms with Crippen molar-refractivity contribution < 1.29 is 9.59 Å². The number of carbonyl (C=O) groups is 2. The summed E-state index contributed by atoms with van der Waals surface area (Å²) in [5.74, 6) is -0.0248. The zero-order valence-corrected chi connectivity index (χ0v) is 16.8. The van der Waals surface area contributed by atoms with Crippen molar-refractivity contribution >= 4 is 35.6 Å². The molecule has 0 aliphatic heterocycles. The van der Waals surface area contributed by atoms with Crippen LogP contribution in [0.1, 0.15) is 53.5 Å². The zero-order chi connectivity index (χ0) is 18.4. The molecular weight excluding hydrogens is 370 g/mol. The lowest BCUT2D eigenvalue weighted by Gasteiger charge is -2.17. The lowest BCUT2D eigenvalue weighted by Crippen LogP contribution is -2.46. The first-order valence-corrected chi connectivity index (χ1v) is 9.24. The molecule has 0 saturated carbocycles. The van der Waals surface area contributed by atoms with Gasteiger partial charge < -0.3 is 16.4 Å². The second-order valence-corrected chi connectivity index (χ2v) is 7.29. The van der Waals surface area contributed by atoms with Crippen molar-refractivity contribution in [1.29, 1.82) is 0 Å². The first-order chi connectivity index (χ1) is 11.9. The number of hydrogen-bond acceptors (Lipinski definition) is 4. The zero-order valence-electron chi connectivity index (χ0n) is 15.2. The monoisotopic (exact) mass is 395 g/mol. The Labute approximate surface area is 164 Å². The van der Waals surface area contributed by atoms with Gasteiger partial charge in [-0.2, -0.15) is 0 Å². The van der Waals surface area contributed by atoms with E-state index in [1.165, 1.54) is 16.9 Å². The van der Waals surface area contributed by atoms with Gasteiger partial charge >= 0.3 is 0 Å². The minimum absolute atomic E-state index is 0. The molecule has 0 aliphatic carbocycles. The molecule has 0 saturated heterocycles. The van der Waals surface area contributed by atoms with Gasteiger partial charge in [-0.05, 0) is 35.4 Å². The summed E-state index contributed by atoms with van der Waals surface area (Å²) in [4.78, 5) is 24.7. The third-order valence-corrected chi connectivity index (χ3v) is 4.88. The van der Waals surface area contributed by atoms with Crippen molar-refractivity contribution in [1.82, 2.24) is 10.6 Å². The molecule has 142 valence electrons. The average Bonchev–Trinajstić information content (AvgIpc) is 3.14. The summed E-state index contributed by atoms with van der Waals surface area (Å²) in [7, 11) is 0. The Morgan fingerprint density at radius 2 is 1.69 bits per heavy atom.